The van der Waals surface area contributed by atoms with Crippen LogP contribution in [0.5, 0.6) is 5.75 Å². The minimum absolute atomic E-state index is 0.0142. The maximum atomic E-state index is 11.2. The van der Waals surface area contributed by atoms with Crippen LogP contribution in [0.3, 0.4) is 0 Å². The number of hydrogen-bond acceptors (Lipinski definition) is 3. The lowest BCUT2D eigenvalue weighted by Crippen LogP contribution is -2.34. The van der Waals surface area contributed by atoms with E-state index in [-0.39, 0.29) is 11.9 Å². The first-order valence-electron chi connectivity index (χ1n) is 5.84. The third-order valence-electron chi connectivity index (χ3n) is 2.92. The van der Waals surface area contributed by atoms with E-state index in [2.05, 4.69) is 5.32 Å². The van der Waals surface area contributed by atoms with Crippen molar-refractivity contribution in [3.63, 3.8) is 0 Å². The molecule has 0 bridgehead atoms. The van der Waals surface area contributed by atoms with Gasteiger partial charge in [-0.15, -0.1) is 0 Å². The normalized spacial score (nSPS) is 16.8. The standard InChI is InChI=1S/C13H16ClNO2/c1-9(16)10-2-3-13(12(14)8-10)17-11-4-6-15-7-5-11/h2-3,8,11,15H,4-7H2,1H3. The number of piperidine rings is 1. The van der Waals surface area contributed by atoms with Gasteiger partial charge in [-0.05, 0) is 51.1 Å². The molecule has 0 saturated carbocycles. The Labute approximate surface area is 106 Å². The monoisotopic (exact) mass is 253 g/mol. The van der Waals surface area contributed by atoms with Gasteiger partial charge in [0.15, 0.2) is 5.78 Å². The second-order valence-corrected chi connectivity index (χ2v) is 4.68. The van der Waals surface area contributed by atoms with Crippen molar-refractivity contribution in [3.05, 3.63) is 28.8 Å². The van der Waals surface area contributed by atoms with Gasteiger partial charge in [0.05, 0.1) is 5.02 Å². The number of nitrogens with one attached hydrogen (secondary N) is 1. The zero-order valence-corrected chi connectivity index (χ0v) is 10.6. The SMILES string of the molecule is CC(=O)c1ccc(OC2CCNCC2)c(Cl)c1. The third kappa shape index (κ3) is 3.20. The van der Waals surface area contributed by atoms with E-state index in [4.69, 9.17) is 16.3 Å². The minimum Gasteiger partial charge on any atom is -0.489 e. The molecule has 2 rings (SSSR count). The fraction of sp³-hybridized carbons (Fsp3) is 0.462. The second kappa shape index (κ2) is 5.52. The Hall–Kier alpha value is -1.06. The molecule has 0 unspecified atom stereocenters. The van der Waals surface area contributed by atoms with Crippen LogP contribution in [0.4, 0.5) is 0 Å². The van der Waals surface area contributed by atoms with E-state index in [0.29, 0.717) is 16.3 Å². The van der Waals surface area contributed by atoms with Crippen molar-refractivity contribution < 1.29 is 9.53 Å². The Balaban J connectivity index is 2.08. The molecule has 1 fully saturated rings. The maximum absolute atomic E-state index is 11.2. The van der Waals surface area contributed by atoms with E-state index in [1.165, 1.54) is 6.92 Å². The molecule has 17 heavy (non-hydrogen) atoms. The van der Waals surface area contributed by atoms with Gasteiger partial charge in [0, 0.05) is 5.56 Å². The number of carbonyl (C=O) groups excluding carboxylic acids is 1. The summed E-state index contributed by atoms with van der Waals surface area (Å²) in [5.41, 5.74) is 0.618. The van der Waals surface area contributed by atoms with Crippen LogP contribution in [-0.2, 0) is 0 Å². The Bertz CT molecular complexity index is 414. The van der Waals surface area contributed by atoms with Crippen LogP contribution in [0.25, 0.3) is 0 Å². The van der Waals surface area contributed by atoms with Gasteiger partial charge < -0.3 is 10.1 Å². The van der Waals surface area contributed by atoms with Crippen molar-refractivity contribution in [2.24, 2.45) is 0 Å². The predicted molar refractivity (Wildman–Crippen MR) is 68.0 cm³/mol. The average Bonchev–Trinajstić information content (AvgIpc) is 2.33. The zero-order valence-electron chi connectivity index (χ0n) is 9.83. The van der Waals surface area contributed by atoms with E-state index in [1.54, 1.807) is 18.2 Å². The molecule has 0 spiro atoms. The first-order chi connectivity index (χ1) is 8.16. The van der Waals surface area contributed by atoms with Gasteiger partial charge in [-0.2, -0.15) is 0 Å². The summed E-state index contributed by atoms with van der Waals surface area (Å²) < 4.78 is 5.84. The van der Waals surface area contributed by atoms with Gasteiger partial charge >= 0.3 is 0 Å². The number of ether oxygens (including phenoxy) is 1. The highest BCUT2D eigenvalue weighted by Gasteiger charge is 2.16. The molecule has 0 amide bonds. The number of carbonyl (C=O) groups is 1. The van der Waals surface area contributed by atoms with E-state index in [1.807, 2.05) is 0 Å². The predicted octanol–water partition coefficient (Wildman–Crippen LogP) is 2.67. The van der Waals surface area contributed by atoms with Crippen molar-refractivity contribution in [1.82, 2.24) is 5.32 Å². The molecule has 1 saturated heterocycles. The molecule has 1 aliphatic rings. The molecule has 1 heterocycles. The summed E-state index contributed by atoms with van der Waals surface area (Å²) in [6.07, 6.45) is 2.20. The number of benzene rings is 1. The van der Waals surface area contributed by atoms with Crippen LogP contribution in [0.1, 0.15) is 30.1 Å². The number of hydrogen-bond donors (Lipinski definition) is 1. The number of ketones is 1. The number of halogens is 1. The van der Waals surface area contributed by atoms with Crippen LogP contribution >= 0.6 is 11.6 Å². The molecule has 0 radical (unpaired) electrons. The summed E-state index contributed by atoms with van der Waals surface area (Å²) in [6.45, 7) is 3.49. The molecule has 3 nitrogen and oxygen atoms in total. The first-order valence-corrected chi connectivity index (χ1v) is 6.22. The van der Waals surface area contributed by atoms with E-state index in [0.717, 1.165) is 25.9 Å². The zero-order chi connectivity index (χ0) is 12.3. The maximum Gasteiger partial charge on any atom is 0.159 e. The summed E-state index contributed by atoms with van der Waals surface area (Å²) in [5.74, 6) is 0.684. The second-order valence-electron chi connectivity index (χ2n) is 4.27. The lowest BCUT2D eigenvalue weighted by atomic mass is 10.1. The lowest BCUT2D eigenvalue weighted by molar-refractivity contribution is 0.101. The third-order valence-corrected chi connectivity index (χ3v) is 3.21. The number of Topliss-reactive ketones (excluding diaryl/α,β-unsaturated/α-hetero) is 1. The number of rotatable bonds is 3. The van der Waals surface area contributed by atoms with Gasteiger partial charge in [-0.25, -0.2) is 0 Å². The summed E-state index contributed by atoms with van der Waals surface area (Å²) >= 11 is 6.10. The van der Waals surface area contributed by atoms with Crippen molar-refractivity contribution >= 4 is 17.4 Å². The summed E-state index contributed by atoms with van der Waals surface area (Å²) in [7, 11) is 0. The smallest absolute Gasteiger partial charge is 0.159 e. The van der Waals surface area contributed by atoms with E-state index >= 15 is 0 Å². The highest BCUT2D eigenvalue weighted by molar-refractivity contribution is 6.32. The van der Waals surface area contributed by atoms with Crippen molar-refractivity contribution in [3.8, 4) is 5.75 Å². The fourth-order valence-corrected chi connectivity index (χ4v) is 2.13. The molecule has 0 aromatic heterocycles. The quantitative estimate of drug-likeness (QED) is 0.842. The fourth-order valence-electron chi connectivity index (χ4n) is 1.91. The van der Waals surface area contributed by atoms with Gasteiger partial charge in [0.2, 0.25) is 0 Å². The molecule has 1 aromatic rings. The Morgan fingerprint density at radius 2 is 2.12 bits per heavy atom. The van der Waals surface area contributed by atoms with Gasteiger partial charge in [-0.3, -0.25) is 4.79 Å². The van der Waals surface area contributed by atoms with Crippen LogP contribution in [0, 0.1) is 0 Å². The Morgan fingerprint density at radius 1 is 1.41 bits per heavy atom. The first kappa shape index (κ1) is 12.4. The molecule has 1 aliphatic heterocycles. The van der Waals surface area contributed by atoms with E-state index in [9.17, 15) is 4.79 Å². The molecule has 4 heteroatoms. The van der Waals surface area contributed by atoms with Crippen molar-refractivity contribution in [2.45, 2.75) is 25.9 Å². The highest BCUT2D eigenvalue weighted by atomic mass is 35.5. The summed E-state index contributed by atoms with van der Waals surface area (Å²) in [6, 6.07) is 5.20. The van der Waals surface area contributed by atoms with Crippen molar-refractivity contribution in [1.29, 1.82) is 0 Å². The van der Waals surface area contributed by atoms with Crippen LogP contribution in [-0.4, -0.2) is 25.0 Å². The van der Waals surface area contributed by atoms with Crippen LogP contribution in [0.2, 0.25) is 5.02 Å². The summed E-state index contributed by atoms with van der Waals surface area (Å²) in [4.78, 5) is 11.2. The van der Waals surface area contributed by atoms with Crippen LogP contribution < -0.4 is 10.1 Å². The molecule has 1 aromatic carbocycles. The van der Waals surface area contributed by atoms with Crippen LogP contribution in [0.15, 0.2) is 18.2 Å². The lowest BCUT2D eigenvalue weighted by Gasteiger charge is -2.24. The van der Waals surface area contributed by atoms with Gasteiger partial charge in [-0.1, -0.05) is 11.6 Å². The summed E-state index contributed by atoms with van der Waals surface area (Å²) in [5, 5.41) is 3.79. The topological polar surface area (TPSA) is 38.3 Å². The highest BCUT2D eigenvalue weighted by Crippen LogP contribution is 2.27. The Kier molecular flexibility index (Phi) is 4.02. The largest absolute Gasteiger partial charge is 0.489 e. The molecule has 0 aliphatic carbocycles. The van der Waals surface area contributed by atoms with Crippen molar-refractivity contribution in [2.75, 3.05) is 13.1 Å². The molecular weight excluding hydrogens is 238 g/mol. The van der Waals surface area contributed by atoms with E-state index < -0.39 is 0 Å². The molecule has 92 valence electrons. The molecule has 1 N–H and O–H groups in total. The van der Waals surface area contributed by atoms with Gasteiger partial charge in [0.25, 0.3) is 0 Å². The average molecular weight is 254 g/mol. The molecule has 0 atom stereocenters. The molecular formula is C13H16ClNO2. The van der Waals surface area contributed by atoms with Gasteiger partial charge in [0.1, 0.15) is 11.9 Å². The minimum atomic E-state index is 0.0142. The Morgan fingerprint density at radius 3 is 2.71 bits per heavy atom.